The van der Waals surface area contributed by atoms with Crippen molar-refractivity contribution in [1.82, 2.24) is 14.8 Å². The van der Waals surface area contributed by atoms with E-state index >= 15 is 0 Å². The van der Waals surface area contributed by atoms with Crippen LogP contribution in [0.1, 0.15) is 63.7 Å². The third-order valence-corrected chi connectivity index (χ3v) is 10.1. The number of methoxy groups -OCH3 is 1. The van der Waals surface area contributed by atoms with Gasteiger partial charge in [0.1, 0.15) is 17.1 Å². The van der Waals surface area contributed by atoms with Crippen molar-refractivity contribution in [3.63, 3.8) is 0 Å². The Kier molecular flexibility index (Phi) is 7.32. The number of thiazole rings is 1. The Morgan fingerprint density at radius 2 is 1.72 bits per heavy atom. The van der Waals surface area contributed by atoms with Gasteiger partial charge < -0.3 is 9.64 Å². The van der Waals surface area contributed by atoms with E-state index in [-0.39, 0.29) is 22.7 Å². The van der Waals surface area contributed by atoms with E-state index in [1.165, 1.54) is 11.3 Å². The molecule has 0 radical (unpaired) electrons. The number of nitrogens with zero attached hydrogens (tertiary/aromatic N) is 4. The quantitative estimate of drug-likeness (QED) is 0.195. The molecule has 2 aliphatic rings. The molecule has 1 unspecified atom stereocenters. The van der Waals surface area contributed by atoms with E-state index in [1.54, 1.807) is 11.8 Å². The Labute approximate surface area is 256 Å². The molecule has 1 aliphatic carbocycles. The van der Waals surface area contributed by atoms with Gasteiger partial charge in [0, 0.05) is 30.1 Å². The second-order valence-electron chi connectivity index (χ2n) is 10.7. The molecule has 1 saturated heterocycles. The SMILES string of the molecule is COc1ccc(-n2nc(C(=O)Sc3nc4ccccc4s3)c3c2C(=O)C(c2ccc(N4CCCCC4=O)cc2)CC3)cc1. The van der Waals surface area contributed by atoms with Crippen LogP contribution >= 0.6 is 23.1 Å². The average molecular weight is 609 g/mol. The first-order valence-electron chi connectivity index (χ1n) is 14.3. The molecule has 0 N–H and O–H groups in total. The smallest absolute Gasteiger partial charge is 0.246 e. The van der Waals surface area contributed by atoms with Gasteiger partial charge in [0.25, 0.3) is 0 Å². The minimum atomic E-state index is -0.382. The van der Waals surface area contributed by atoms with Gasteiger partial charge in [-0.3, -0.25) is 14.4 Å². The first-order valence-corrected chi connectivity index (χ1v) is 15.9. The maximum absolute atomic E-state index is 14.2. The fourth-order valence-corrected chi connectivity index (χ4v) is 7.83. The molecule has 3 heterocycles. The number of carbonyl (C=O) groups is 3. The van der Waals surface area contributed by atoms with Crippen LogP contribution in [-0.2, 0) is 11.2 Å². The normalized spacial score (nSPS) is 16.9. The van der Waals surface area contributed by atoms with Gasteiger partial charge in [-0.15, -0.1) is 11.3 Å². The number of anilines is 1. The van der Waals surface area contributed by atoms with Gasteiger partial charge >= 0.3 is 0 Å². The van der Waals surface area contributed by atoms with Crippen LogP contribution in [0.5, 0.6) is 5.75 Å². The molecule has 3 aromatic carbocycles. The largest absolute Gasteiger partial charge is 0.497 e. The van der Waals surface area contributed by atoms with Gasteiger partial charge in [-0.1, -0.05) is 24.3 Å². The zero-order valence-electron chi connectivity index (χ0n) is 23.5. The highest BCUT2D eigenvalue weighted by atomic mass is 32.2. The number of thioether (sulfide) groups is 1. The Balaban J connectivity index is 1.23. The minimum absolute atomic E-state index is 0.0737. The van der Waals surface area contributed by atoms with Crippen molar-refractivity contribution in [3.8, 4) is 11.4 Å². The zero-order valence-corrected chi connectivity index (χ0v) is 25.1. The summed E-state index contributed by atoms with van der Waals surface area (Å²) in [6.07, 6.45) is 3.59. The molecule has 1 aliphatic heterocycles. The molecule has 2 aromatic heterocycles. The van der Waals surface area contributed by atoms with Crippen LogP contribution in [0.4, 0.5) is 5.69 Å². The first kappa shape index (κ1) is 27.5. The molecule has 1 atom stereocenters. The minimum Gasteiger partial charge on any atom is -0.497 e. The van der Waals surface area contributed by atoms with Gasteiger partial charge in [-0.25, -0.2) is 9.67 Å². The first-order chi connectivity index (χ1) is 21.0. The molecule has 5 aromatic rings. The van der Waals surface area contributed by atoms with E-state index in [1.807, 2.05) is 77.7 Å². The molecule has 0 saturated carbocycles. The fraction of sp³-hybridized carbons (Fsp3) is 0.242. The van der Waals surface area contributed by atoms with Crippen molar-refractivity contribution >= 4 is 55.8 Å². The van der Waals surface area contributed by atoms with Gasteiger partial charge in [-0.05, 0) is 91.5 Å². The second kappa shape index (κ2) is 11.4. The second-order valence-corrected chi connectivity index (χ2v) is 12.9. The number of carbonyl (C=O) groups excluding carboxylic acids is 3. The lowest BCUT2D eigenvalue weighted by Gasteiger charge is -2.27. The number of ether oxygens (including phenoxy) is 1. The van der Waals surface area contributed by atoms with Gasteiger partial charge in [-0.2, -0.15) is 5.10 Å². The maximum atomic E-state index is 14.2. The van der Waals surface area contributed by atoms with E-state index in [0.717, 1.165) is 52.6 Å². The van der Waals surface area contributed by atoms with Crippen LogP contribution in [0.25, 0.3) is 15.9 Å². The summed E-state index contributed by atoms with van der Waals surface area (Å²) >= 11 is 2.52. The van der Waals surface area contributed by atoms with Crippen molar-refractivity contribution in [2.75, 3.05) is 18.6 Å². The summed E-state index contributed by atoms with van der Waals surface area (Å²) in [4.78, 5) is 46.7. The Morgan fingerprint density at radius 3 is 2.47 bits per heavy atom. The van der Waals surface area contributed by atoms with E-state index in [4.69, 9.17) is 9.84 Å². The summed E-state index contributed by atoms with van der Waals surface area (Å²) in [5.74, 6) is 0.369. The summed E-state index contributed by atoms with van der Waals surface area (Å²) in [6, 6.07) is 22.9. The van der Waals surface area contributed by atoms with Crippen LogP contribution in [-0.4, -0.2) is 45.2 Å². The van der Waals surface area contributed by atoms with Crippen molar-refractivity contribution in [1.29, 1.82) is 0 Å². The number of para-hydroxylation sites is 1. The topological polar surface area (TPSA) is 94.4 Å². The molecule has 216 valence electrons. The molecule has 10 heteroatoms. The molecule has 43 heavy (non-hydrogen) atoms. The van der Waals surface area contributed by atoms with Crippen LogP contribution in [0.15, 0.2) is 77.1 Å². The number of hydrogen-bond acceptors (Lipinski definition) is 8. The van der Waals surface area contributed by atoms with Crippen molar-refractivity contribution < 1.29 is 19.1 Å². The molecular weight excluding hydrogens is 581 g/mol. The standard InChI is InChI=1S/C33H28N4O4S2/c1-41-23-15-13-22(14-16-23)37-30-25(29(35-37)32(40)43-33-34-26-6-2-3-7-27(26)42-33)18-17-24(31(30)39)20-9-11-21(12-10-20)36-19-5-4-8-28(36)38/h2-3,6-7,9-16,24H,4-5,8,17-19H2,1H3. The lowest BCUT2D eigenvalue weighted by atomic mass is 9.81. The Bertz CT molecular complexity index is 1830. The van der Waals surface area contributed by atoms with E-state index in [9.17, 15) is 14.4 Å². The van der Waals surface area contributed by atoms with E-state index < -0.39 is 0 Å². The zero-order chi connectivity index (χ0) is 29.5. The molecular formula is C33H28N4O4S2. The average Bonchev–Trinajstić information content (AvgIpc) is 3.63. The van der Waals surface area contributed by atoms with Crippen LogP contribution < -0.4 is 9.64 Å². The number of aromatic nitrogens is 3. The van der Waals surface area contributed by atoms with E-state index in [0.29, 0.717) is 52.0 Å². The summed E-state index contributed by atoms with van der Waals surface area (Å²) in [5.41, 5.74) is 4.68. The molecule has 0 spiro atoms. The molecule has 1 fully saturated rings. The maximum Gasteiger partial charge on any atom is 0.246 e. The number of benzene rings is 3. The summed E-state index contributed by atoms with van der Waals surface area (Å²) in [6.45, 7) is 0.719. The van der Waals surface area contributed by atoms with E-state index in [2.05, 4.69) is 4.98 Å². The monoisotopic (exact) mass is 608 g/mol. The number of ketones is 1. The predicted molar refractivity (Wildman–Crippen MR) is 168 cm³/mol. The summed E-state index contributed by atoms with van der Waals surface area (Å²) in [5, 5.41) is 4.52. The number of hydrogen-bond donors (Lipinski definition) is 0. The van der Waals surface area contributed by atoms with Crippen molar-refractivity contribution in [3.05, 3.63) is 95.3 Å². The van der Waals surface area contributed by atoms with Crippen molar-refractivity contribution in [2.45, 2.75) is 42.4 Å². The highest BCUT2D eigenvalue weighted by molar-refractivity contribution is 8.15. The number of Topliss-reactive ketones (excluding diaryl/α,β-unsaturated/α-hetero) is 1. The molecule has 1 amide bonds. The Morgan fingerprint density at radius 1 is 0.953 bits per heavy atom. The summed E-state index contributed by atoms with van der Waals surface area (Å²) < 4.78 is 8.59. The summed E-state index contributed by atoms with van der Waals surface area (Å²) in [7, 11) is 1.60. The predicted octanol–water partition coefficient (Wildman–Crippen LogP) is 6.85. The highest BCUT2D eigenvalue weighted by Crippen LogP contribution is 2.39. The lowest BCUT2D eigenvalue weighted by Crippen LogP contribution is -2.35. The molecule has 0 bridgehead atoms. The van der Waals surface area contributed by atoms with Gasteiger partial charge in [0.2, 0.25) is 11.0 Å². The Hall–Kier alpha value is -4.28. The highest BCUT2D eigenvalue weighted by Gasteiger charge is 2.37. The number of amides is 1. The number of fused-ring (bicyclic) bond motifs is 2. The van der Waals surface area contributed by atoms with Crippen LogP contribution in [0, 0.1) is 0 Å². The third kappa shape index (κ3) is 5.14. The lowest BCUT2D eigenvalue weighted by molar-refractivity contribution is -0.119. The molecule has 8 nitrogen and oxygen atoms in total. The number of rotatable bonds is 6. The van der Waals surface area contributed by atoms with Crippen molar-refractivity contribution in [2.24, 2.45) is 0 Å². The third-order valence-electron chi connectivity index (χ3n) is 8.11. The van der Waals surface area contributed by atoms with Gasteiger partial charge in [0.15, 0.2) is 10.1 Å². The number of piperidine rings is 1. The fourth-order valence-electron chi connectivity index (χ4n) is 5.91. The van der Waals surface area contributed by atoms with Gasteiger partial charge in [0.05, 0.1) is 23.0 Å². The molecule has 7 rings (SSSR count). The van der Waals surface area contributed by atoms with Crippen LogP contribution in [0.3, 0.4) is 0 Å². The van der Waals surface area contributed by atoms with Crippen LogP contribution in [0.2, 0.25) is 0 Å².